The second-order valence-electron chi connectivity index (χ2n) is 3.61. The molecule has 16 heavy (non-hydrogen) atoms. The molecule has 0 radical (unpaired) electrons. The van der Waals surface area contributed by atoms with Crippen LogP contribution >= 0.6 is 0 Å². The average molecular weight is 223 g/mol. The highest BCUT2D eigenvalue weighted by Crippen LogP contribution is 2.09. The fraction of sp³-hybridized carbons (Fsp3) is 0.500. The summed E-state index contributed by atoms with van der Waals surface area (Å²) < 4.78 is 0. The Morgan fingerprint density at radius 3 is 3.00 bits per heavy atom. The van der Waals surface area contributed by atoms with E-state index in [0.717, 1.165) is 19.3 Å². The molecule has 0 atom stereocenters. The summed E-state index contributed by atoms with van der Waals surface area (Å²) >= 11 is 0. The average Bonchev–Trinajstić information content (AvgIpc) is 2.57. The van der Waals surface area contributed by atoms with E-state index in [1.807, 2.05) is 0 Å². The van der Waals surface area contributed by atoms with Crippen LogP contribution in [0.3, 0.4) is 0 Å². The van der Waals surface area contributed by atoms with Crippen molar-refractivity contribution in [3.05, 3.63) is 28.2 Å². The van der Waals surface area contributed by atoms with Gasteiger partial charge in [-0.2, -0.15) is 5.10 Å². The van der Waals surface area contributed by atoms with Crippen molar-refractivity contribution >= 4 is 5.91 Å². The number of carbonyl (C=O) groups excluding carboxylic acids is 1. The fourth-order valence-electron chi connectivity index (χ4n) is 1.53. The molecule has 1 saturated heterocycles. The molecule has 6 nitrogen and oxygen atoms in total. The summed E-state index contributed by atoms with van der Waals surface area (Å²) in [6.07, 6.45) is 2.95. The van der Waals surface area contributed by atoms with E-state index in [1.54, 1.807) is 0 Å². The number of rotatable bonds is 1. The summed E-state index contributed by atoms with van der Waals surface area (Å²) in [5.74, 6) is -0.307. The van der Waals surface area contributed by atoms with Crippen molar-refractivity contribution in [1.82, 2.24) is 15.3 Å². The SMILES string of the molecule is O=C(c1ccc(=O)[nH]n1)N1CCCCCO1. The van der Waals surface area contributed by atoms with Crippen LogP contribution in [0, 0.1) is 0 Å². The second-order valence-corrected chi connectivity index (χ2v) is 3.61. The Labute approximate surface area is 92.2 Å². The van der Waals surface area contributed by atoms with Gasteiger partial charge >= 0.3 is 0 Å². The molecule has 0 unspecified atom stereocenters. The molecule has 2 rings (SSSR count). The van der Waals surface area contributed by atoms with Gasteiger partial charge in [0.2, 0.25) is 0 Å². The van der Waals surface area contributed by atoms with E-state index in [2.05, 4.69) is 10.2 Å². The first-order chi connectivity index (χ1) is 7.77. The minimum atomic E-state index is -0.326. The summed E-state index contributed by atoms with van der Waals surface area (Å²) in [5.41, 5.74) is -0.130. The van der Waals surface area contributed by atoms with Gasteiger partial charge in [0.25, 0.3) is 11.5 Å². The number of hydroxylamine groups is 2. The van der Waals surface area contributed by atoms with Gasteiger partial charge in [-0.25, -0.2) is 10.2 Å². The predicted octanol–water partition coefficient (Wildman–Crippen LogP) is 0.328. The minimum Gasteiger partial charge on any atom is -0.271 e. The highest BCUT2D eigenvalue weighted by Gasteiger charge is 2.19. The summed E-state index contributed by atoms with van der Waals surface area (Å²) in [6, 6.07) is 2.67. The number of nitrogens with one attached hydrogen (secondary N) is 1. The Bertz CT molecular complexity index is 401. The molecule has 6 heteroatoms. The maximum absolute atomic E-state index is 11.9. The minimum absolute atomic E-state index is 0.196. The highest BCUT2D eigenvalue weighted by molar-refractivity contribution is 5.91. The predicted molar refractivity (Wildman–Crippen MR) is 55.7 cm³/mol. The topological polar surface area (TPSA) is 75.3 Å². The van der Waals surface area contributed by atoms with E-state index in [9.17, 15) is 9.59 Å². The van der Waals surface area contributed by atoms with Gasteiger partial charge in [-0.15, -0.1) is 0 Å². The van der Waals surface area contributed by atoms with Crippen LogP contribution in [0.1, 0.15) is 29.8 Å². The van der Waals surface area contributed by atoms with E-state index in [4.69, 9.17) is 4.84 Å². The molecule has 2 heterocycles. The third-order valence-electron chi connectivity index (χ3n) is 2.38. The van der Waals surface area contributed by atoms with Gasteiger partial charge in [-0.1, -0.05) is 0 Å². The van der Waals surface area contributed by atoms with Crippen LogP contribution in [0.25, 0.3) is 0 Å². The van der Waals surface area contributed by atoms with Gasteiger partial charge in [0.1, 0.15) is 0 Å². The Morgan fingerprint density at radius 1 is 1.38 bits per heavy atom. The van der Waals surface area contributed by atoms with Crippen LogP contribution in [0.4, 0.5) is 0 Å². The van der Waals surface area contributed by atoms with Crippen LogP contribution in [0.5, 0.6) is 0 Å². The van der Waals surface area contributed by atoms with Crippen LogP contribution in [-0.4, -0.2) is 34.3 Å². The van der Waals surface area contributed by atoms with Crippen molar-refractivity contribution in [2.24, 2.45) is 0 Å². The lowest BCUT2D eigenvalue weighted by atomic mass is 10.2. The number of hydrogen-bond donors (Lipinski definition) is 1. The molecule has 1 fully saturated rings. The smallest absolute Gasteiger partial charge is 0.271 e. The van der Waals surface area contributed by atoms with E-state index >= 15 is 0 Å². The molecule has 0 aromatic carbocycles. The number of H-pyrrole nitrogens is 1. The number of nitrogens with zero attached hydrogens (tertiary/aromatic N) is 2. The molecule has 1 N–H and O–H groups in total. The van der Waals surface area contributed by atoms with Gasteiger partial charge in [-0.3, -0.25) is 14.4 Å². The first-order valence-electron chi connectivity index (χ1n) is 5.28. The summed E-state index contributed by atoms with van der Waals surface area (Å²) in [4.78, 5) is 28.0. The van der Waals surface area contributed by atoms with Crippen LogP contribution in [0.2, 0.25) is 0 Å². The molecule has 0 aliphatic carbocycles. The monoisotopic (exact) mass is 223 g/mol. The molecule has 1 amide bonds. The third-order valence-corrected chi connectivity index (χ3v) is 2.38. The molecule has 1 aliphatic rings. The first kappa shape index (κ1) is 10.8. The fourth-order valence-corrected chi connectivity index (χ4v) is 1.53. The van der Waals surface area contributed by atoms with Crippen molar-refractivity contribution in [3.8, 4) is 0 Å². The quantitative estimate of drug-likeness (QED) is 0.744. The molecule has 0 bridgehead atoms. The molecule has 1 aromatic heterocycles. The van der Waals surface area contributed by atoms with Crippen LogP contribution < -0.4 is 5.56 Å². The van der Waals surface area contributed by atoms with Gasteiger partial charge in [0.15, 0.2) is 5.69 Å². The van der Waals surface area contributed by atoms with E-state index in [0.29, 0.717) is 13.2 Å². The maximum Gasteiger partial charge on any atom is 0.297 e. The zero-order valence-electron chi connectivity index (χ0n) is 8.81. The summed E-state index contributed by atoms with van der Waals surface area (Å²) in [5, 5.41) is 7.22. The van der Waals surface area contributed by atoms with Crippen LogP contribution in [0.15, 0.2) is 16.9 Å². The van der Waals surface area contributed by atoms with Gasteiger partial charge in [0, 0.05) is 12.6 Å². The lowest BCUT2D eigenvalue weighted by Crippen LogP contribution is -2.32. The standard InChI is InChI=1S/C10H13N3O3/c14-9-5-4-8(11-12-9)10(15)13-6-2-1-3-7-16-13/h4-5H,1-3,6-7H2,(H,12,14). The lowest BCUT2D eigenvalue weighted by Gasteiger charge is -2.18. The van der Waals surface area contributed by atoms with Crippen molar-refractivity contribution in [2.75, 3.05) is 13.2 Å². The highest BCUT2D eigenvalue weighted by atomic mass is 16.7. The Kier molecular flexibility index (Phi) is 3.31. The molecule has 1 aliphatic heterocycles. The number of aromatic amines is 1. The second kappa shape index (κ2) is 4.89. The Hall–Kier alpha value is -1.69. The molecule has 0 saturated carbocycles. The van der Waals surface area contributed by atoms with Gasteiger partial charge in [-0.05, 0) is 25.3 Å². The normalized spacial score (nSPS) is 16.9. The van der Waals surface area contributed by atoms with Gasteiger partial charge < -0.3 is 0 Å². The van der Waals surface area contributed by atoms with Crippen molar-refractivity contribution in [3.63, 3.8) is 0 Å². The number of aromatic nitrogens is 2. The zero-order chi connectivity index (χ0) is 11.4. The Balaban J connectivity index is 2.11. The first-order valence-corrected chi connectivity index (χ1v) is 5.28. The molecule has 0 spiro atoms. The summed E-state index contributed by atoms with van der Waals surface area (Å²) in [6.45, 7) is 1.12. The number of amides is 1. The number of hydrogen-bond acceptors (Lipinski definition) is 4. The van der Waals surface area contributed by atoms with E-state index < -0.39 is 0 Å². The number of carbonyl (C=O) groups is 1. The molecule has 1 aromatic rings. The molecular weight excluding hydrogens is 210 g/mol. The van der Waals surface area contributed by atoms with E-state index in [-0.39, 0.29) is 17.2 Å². The van der Waals surface area contributed by atoms with Gasteiger partial charge in [0.05, 0.1) is 6.61 Å². The van der Waals surface area contributed by atoms with Crippen molar-refractivity contribution in [2.45, 2.75) is 19.3 Å². The largest absolute Gasteiger partial charge is 0.297 e. The lowest BCUT2D eigenvalue weighted by molar-refractivity contribution is -0.116. The van der Waals surface area contributed by atoms with Crippen molar-refractivity contribution in [1.29, 1.82) is 0 Å². The zero-order valence-corrected chi connectivity index (χ0v) is 8.81. The van der Waals surface area contributed by atoms with E-state index in [1.165, 1.54) is 17.2 Å². The maximum atomic E-state index is 11.9. The van der Waals surface area contributed by atoms with Crippen LogP contribution in [-0.2, 0) is 4.84 Å². The van der Waals surface area contributed by atoms with Crippen molar-refractivity contribution < 1.29 is 9.63 Å². The summed E-state index contributed by atoms with van der Waals surface area (Å²) in [7, 11) is 0. The third kappa shape index (κ3) is 2.46. The Morgan fingerprint density at radius 2 is 2.25 bits per heavy atom. The molecular formula is C10H13N3O3. The molecule has 86 valence electrons.